The highest BCUT2D eigenvalue weighted by atomic mass is 79.9. The van der Waals surface area contributed by atoms with E-state index in [1.54, 1.807) is 12.1 Å². The van der Waals surface area contributed by atoms with Crippen LogP contribution >= 0.6 is 15.9 Å². The molecular formula is C18H13BrFNO4. The van der Waals surface area contributed by atoms with Gasteiger partial charge < -0.3 is 19.2 Å². The van der Waals surface area contributed by atoms with Crippen molar-refractivity contribution in [2.24, 2.45) is 0 Å². The average Bonchev–Trinajstić information content (AvgIpc) is 3.02. The maximum absolute atomic E-state index is 13.7. The summed E-state index contributed by atoms with van der Waals surface area (Å²) < 4.78 is 30.8. The van der Waals surface area contributed by atoms with Gasteiger partial charge in [0.2, 0.25) is 0 Å². The van der Waals surface area contributed by atoms with E-state index < -0.39 is 5.82 Å². The van der Waals surface area contributed by atoms with E-state index in [2.05, 4.69) is 21.2 Å². The molecule has 1 aliphatic heterocycles. The SMILES string of the molecule is O=C(NCc1cc(F)cc2c1OCOC2)c1cc2cc(Br)ccc2o1. The first-order valence-corrected chi connectivity index (χ1v) is 8.38. The van der Waals surface area contributed by atoms with E-state index in [1.165, 1.54) is 12.1 Å². The van der Waals surface area contributed by atoms with Crippen LogP contribution in [-0.2, 0) is 17.9 Å². The number of carbonyl (C=O) groups excluding carboxylic acids is 1. The Labute approximate surface area is 150 Å². The van der Waals surface area contributed by atoms with Crippen LogP contribution in [0, 0.1) is 5.82 Å². The topological polar surface area (TPSA) is 60.7 Å². The van der Waals surface area contributed by atoms with Crippen molar-refractivity contribution in [3.8, 4) is 5.75 Å². The molecule has 1 aromatic heterocycles. The largest absolute Gasteiger partial charge is 0.467 e. The monoisotopic (exact) mass is 405 g/mol. The summed E-state index contributed by atoms with van der Waals surface area (Å²) in [6.07, 6.45) is 0. The van der Waals surface area contributed by atoms with Crippen LogP contribution in [0.3, 0.4) is 0 Å². The van der Waals surface area contributed by atoms with Crippen molar-refractivity contribution < 1.29 is 23.1 Å². The quantitative estimate of drug-likeness (QED) is 0.711. The molecule has 128 valence electrons. The molecule has 0 atom stereocenters. The van der Waals surface area contributed by atoms with E-state index in [9.17, 15) is 9.18 Å². The number of rotatable bonds is 3. The van der Waals surface area contributed by atoms with Crippen LogP contribution in [0.5, 0.6) is 5.75 Å². The fourth-order valence-corrected chi connectivity index (χ4v) is 3.16. The molecule has 4 rings (SSSR count). The summed E-state index contributed by atoms with van der Waals surface area (Å²) in [6, 6.07) is 9.88. The van der Waals surface area contributed by atoms with Crippen molar-refractivity contribution in [1.29, 1.82) is 0 Å². The summed E-state index contributed by atoms with van der Waals surface area (Å²) in [5.74, 6) is -0.0211. The predicted molar refractivity (Wildman–Crippen MR) is 91.8 cm³/mol. The molecule has 3 aromatic rings. The van der Waals surface area contributed by atoms with Gasteiger partial charge in [0.15, 0.2) is 12.6 Å². The summed E-state index contributed by atoms with van der Waals surface area (Å²) in [4.78, 5) is 12.3. The second kappa shape index (κ2) is 6.50. The summed E-state index contributed by atoms with van der Waals surface area (Å²) in [5.41, 5.74) is 1.81. The van der Waals surface area contributed by atoms with Gasteiger partial charge in [-0.25, -0.2) is 4.39 Å². The fourth-order valence-electron chi connectivity index (χ4n) is 2.78. The molecule has 0 saturated heterocycles. The average molecular weight is 406 g/mol. The lowest BCUT2D eigenvalue weighted by Crippen LogP contribution is -2.24. The molecule has 7 heteroatoms. The van der Waals surface area contributed by atoms with Gasteiger partial charge in [-0.1, -0.05) is 15.9 Å². The highest BCUT2D eigenvalue weighted by Gasteiger charge is 2.18. The van der Waals surface area contributed by atoms with Gasteiger partial charge in [-0.2, -0.15) is 0 Å². The normalized spacial score (nSPS) is 13.4. The number of hydrogen-bond acceptors (Lipinski definition) is 4. The zero-order valence-electron chi connectivity index (χ0n) is 13.0. The van der Waals surface area contributed by atoms with Gasteiger partial charge in [0.25, 0.3) is 5.91 Å². The number of nitrogens with one attached hydrogen (secondary N) is 1. The predicted octanol–water partition coefficient (Wildman–Crippen LogP) is 4.13. The van der Waals surface area contributed by atoms with Gasteiger partial charge in [-0.3, -0.25) is 4.79 Å². The molecular weight excluding hydrogens is 393 g/mol. The number of furan rings is 1. The smallest absolute Gasteiger partial charge is 0.287 e. The van der Waals surface area contributed by atoms with Gasteiger partial charge in [-0.05, 0) is 36.4 Å². The Kier molecular flexibility index (Phi) is 4.19. The van der Waals surface area contributed by atoms with Gasteiger partial charge in [0.1, 0.15) is 17.1 Å². The number of ether oxygens (including phenoxy) is 2. The highest BCUT2D eigenvalue weighted by molar-refractivity contribution is 9.10. The van der Waals surface area contributed by atoms with Crippen molar-refractivity contribution in [3.63, 3.8) is 0 Å². The zero-order chi connectivity index (χ0) is 17.4. The molecule has 0 unspecified atom stereocenters. The Morgan fingerprint density at radius 3 is 3.00 bits per heavy atom. The molecule has 0 fully saturated rings. The van der Waals surface area contributed by atoms with Crippen molar-refractivity contribution in [2.75, 3.05) is 6.79 Å². The van der Waals surface area contributed by atoms with E-state index in [4.69, 9.17) is 13.9 Å². The second-order valence-corrected chi connectivity index (χ2v) is 6.55. The Morgan fingerprint density at radius 2 is 2.12 bits per heavy atom. The van der Waals surface area contributed by atoms with E-state index in [0.29, 0.717) is 22.5 Å². The summed E-state index contributed by atoms with van der Waals surface area (Å²) in [5, 5.41) is 3.56. The minimum Gasteiger partial charge on any atom is -0.467 e. The maximum atomic E-state index is 13.7. The van der Waals surface area contributed by atoms with Gasteiger partial charge in [0, 0.05) is 27.5 Å². The van der Waals surface area contributed by atoms with Crippen molar-refractivity contribution in [1.82, 2.24) is 5.32 Å². The number of carbonyl (C=O) groups is 1. The Balaban J connectivity index is 1.54. The molecule has 0 bridgehead atoms. The lowest BCUT2D eigenvalue weighted by molar-refractivity contribution is -0.0173. The Morgan fingerprint density at radius 1 is 1.24 bits per heavy atom. The number of fused-ring (bicyclic) bond motifs is 2. The van der Waals surface area contributed by atoms with Crippen LogP contribution < -0.4 is 10.1 Å². The first-order chi connectivity index (χ1) is 12.1. The van der Waals surface area contributed by atoms with Crippen molar-refractivity contribution in [3.05, 3.63) is 63.6 Å². The van der Waals surface area contributed by atoms with Crippen molar-refractivity contribution >= 4 is 32.8 Å². The summed E-state index contributed by atoms with van der Waals surface area (Å²) >= 11 is 3.38. The molecule has 1 aliphatic rings. The van der Waals surface area contributed by atoms with Crippen LogP contribution in [0.15, 0.2) is 45.3 Å². The Hall–Kier alpha value is -2.38. The maximum Gasteiger partial charge on any atom is 0.287 e. The molecule has 2 aromatic carbocycles. The number of benzene rings is 2. The molecule has 1 N–H and O–H groups in total. The standard InChI is InChI=1S/C18H13BrFNO4/c19-13-1-2-15-10(3-13)6-16(25-15)18(22)21-7-11-4-14(20)5-12-8-23-9-24-17(11)12/h1-6H,7-9H2,(H,21,22). The zero-order valence-corrected chi connectivity index (χ0v) is 14.6. The summed E-state index contributed by atoms with van der Waals surface area (Å²) in [7, 11) is 0. The minimum atomic E-state index is -0.398. The third kappa shape index (κ3) is 3.25. The van der Waals surface area contributed by atoms with Crippen LogP contribution in [0.4, 0.5) is 4.39 Å². The Bertz CT molecular complexity index is 969. The fraction of sp³-hybridized carbons (Fsp3) is 0.167. The van der Waals surface area contributed by atoms with Crippen LogP contribution in [0.2, 0.25) is 0 Å². The van der Waals surface area contributed by atoms with Gasteiger partial charge in [-0.15, -0.1) is 0 Å². The van der Waals surface area contributed by atoms with Gasteiger partial charge >= 0.3 is 0 Å². The molecule has 1 amide bonds. The lowest BCUT2D eigenvalue weighted by atomic mass is 10.1. The molecule has 2 heterocycles. The summed E-state index contributed by atoms with van der Waals surface area (Å²) in [6.45, 7) is 0.518. The molecule has 0 saturated carbocycles. The van der Waals surface area contributed by atoms with E-state index in [0.717, 1.165) is 9.86 Å². The van der Waals surface area contributed by atoms with Crippen LogP contribution in [0.25, 0.3) is 11.0 Å². The molecule has 0 spiro atoms. The minimum absolute atomic E-state index is 0.109. The second-order valence-electron chi connectivity index (χ2n) is 5.64. The number of halogens is 2. The first kappa shape index (κ1) is 16.1. The number of hydrogen-bond donors (Lipinski definition) is 1. The third-order valence-corrected chi connectivity index (χ3v) is 4.39. The van der Waals surface area contributed by atoms with E-state index in [1.807, 2.05) is 12.1 Å². The van der Waals surface area contributed by atoms with Gasteiger partial charge in [0.05, 0.1) is 6.61 Å². The molecule has 0 radical (unpaired) electrons. The van der Waals surface area contributed by atoms with E-state index >= 15 is 0 Å². The lowest BCUT2D eigenvalue weighted by Gasteiger charge is -2.20. The van der Waals surface area contributed by atoms with Crippen LogP contribution in [0.1, 0.15) is 21.7 Å². The third-order valence-electron chi connectivity index (χ3n) is 3.89. The molecule has 5 nitrogen and oxygen atoms in total. The van der Waals surface area contributed by atoms with E-state index in [-0.39, 0.29) is 31.6 Å². The van der Waals surface area contributed by atoms with Crippen molar-refractivity contribution in [2.45, 2.75) is 13.2 Å². The van der Waals surface area contributed by atoms with Crippen LogP contribution in [-0.4, -0.2) is 12.7 Å². The first-order valence-electron chi connectivity index (χ1n) is 7.59. The highest BCUT2D eigenvalue weighted by Crippen LogP contribution is 2.29. The molecule has 0 aliphatic carbocycles. The number of amides is 1. The molecule has 25 heavy (non-hydrogen) atoms.